The van der Waals surface area contributed by atoms with E-state index in [1.54, 1.807) is 38.5 Å². The number of nitriles is 1. The summed E-state index contributed by atoms with van der Waals surface area (Å²) < 4.78 is 10.5. The lowest BCUT2D eigenvalue weighted by molar-refractivity contribution is -0.120. The van der Waals surface area contributed by atoms with Crippen molar-refractivity contribution >= 4 is 23.1 Å². The molecule has 3 rings (SSSR count). The number of hydrogen-bond donors (Lipinski definition) is 0. The number of rotatable bonds is 9. The number of aryl methyl sites for hydroxylation is 2. The van der Waals surface area contributed by atoms with Gasteiger partial charge in [0.15, 0.2) is 0 Å². The number of methoxy groups -OCH3 is 2. The molecule has 0 atom stereocenters. The van der Waals surface area contributed by atoms with Gasteiger partial charge < -0.3 is 14.4 Å². The molecule has 0 N–H and O–H groups in total. The molecule has 0 radical (unpaired) electrons. The number of imide groups is 1. The zero-order valence-corrected chi connectivity index (χ0v) is 18.8. The number of amides is 2. The van der Waals surface area contributed by atoms with Crippen molar-refractivity contribution in [1.82, 2.24) is 4.90 Å². The maximum atomic E-state index is 13.7. The lowest BCUT2D eigenvalue weighted by atomic mass is 9.97. The molecule has 0 aromatic heterocycles. The molecule has 0 saturated carbocycles. The fourth-order valence-corrected chi connectivity index (χ4v) is 3.81. The van der Waals surface area contributed by atoms with Crippen molar-refractivity contribution in [2.24, 2.45) is 0 Å². The summed E-state index contributed by atoms with van der Waals surface area (Å²) in [7, 11) is 3.19. The topological polar surface area (TPSA) is 82.9 Å². The van der Waals surface area contributed by atoms with Crippen LogP contribution in [0.25, 0.3) is 5.57 Å². The predicted octanol–water partition coefficient (Wildman–Crippen LogP) is 3.05. The van der Waals surface area contributed by atoms with Crippen LogP contribution in [0.1, 0.15) is 22.3 Å². The first-order valence-corrected chi connectivity index (χ1v) is 10.4. The summed E-state index contributed by atoms with van der Waals surface area (Å²) >= 11 is 0. The van der Waals surface area contributed by atoms with Gasteiger partial charge in [-0.25, -0.2) is 4.90 Å². The van der Waals surface area contributed by atoms with Crippen LogP contribution in [-0.2, 0) is 19.1 Å². The van der Waals surface area contributed by atoms with Crippen molar-refractivity contribution in [1.29, 1.82) is 5.26 Å². The fourth-order valence-electron chi connectivity index (χ4n) is 3.81. The first-order valence-electron chi connectivity index (χ1n) is 10.4. The third-order valence-corrected chi connectivity index (χ3v) is 5.41. The van der Waals surface area contributed by atoms with Gasteiger partial charge in [-0.2, -0.15) is 5.26 Å². The van der Waals surface area contributed by atoms with E-state index >= 15 is 0 Å². The number of nitrogens with zero attached hydrogens (tertiary/aromatic N) is 3. The Labute approximate surface area is 188 Å². The molecule has 0 fully saturated rings. The van der Waals surface area contributed by atoms with Gasteiger partial charge in [0.25, 0.3) is 11.8 Å². The highest BCUT2D eigenvalue weighted by atomic mass is 16.5. The van der Waals surface area contributed by atoms with Gasteiger partial charge in [-0.05, 0) is 49.2 Å². The zero-order valence-electron chi connectivity index (χ0n) is 18.8. The maximum absolute atomic E-state index is 13.7. The lowest BCUT2D eigenvalue weighted by Crippen LogP contribution is -2.37. The van der Waals surface area contributed by atoms with Crippen molar-refractivity contribution in [3.63, 3.8) is 0 Å². The van der Waals surface area contributed by atoms with E-state index in [1.807, 2.05) is 36.9 Å². The third-order valence-electron chi connectivity index (χ3n) is 5.41. The molecule has 7 heteroatoms. The van der Waals surface area contributed by atoms with E-state index in [-0.39, 0.29) is 5.91 Å². The van der Waals surface area contributed by atoms with Gasteiger partial charge in [-0.1, -0.05) is 23.8 Å². The Bertz CT molecular complexity index is 1080. The van der Waals surface area contributed by atoms with Gasteiger partial charge in [-0.15, -0.1) is 0 Å². The van der Waals surface area contributed by atoms with Crippen molar-refractivity contribution in [2.75, 3.05) is 45.4 Å². The van der Waals surface area contributed by atoms with Crippen molar-refractivity contribution in [3.05, 3.63) is 70.4 Å². The van der Waals surface area contributed by atoms with Crippen LogP contribution in [0, 0.1) is 25.2 Å². The molecule has 32 heavy (non-hydrogen) atoms. The molecule has 7 nitrogen and oxygen atoms in total. The predicted molar refractivity (Wildman–Crippen MR) is 122 cm³/mol. The Kier molecular flexibility index (Phi) is 7.41. The molecular formula is C25H27N3O4. The Morgan fingerprint density at radius 3 is 2.09 bits per heavy atom. The van der Waals surface area contributed by atoms with E-state index in [4.69, 9.17) is 14.7 Å². The average Bonchev–Trinajstić information content (AvgIpc) is 3.04. The normalized spacial score (nSPS) is 13.7. The van der Waals surface area contributed by atoms with E-state index < -0.39 is 5.91 Å². The first kappa shape index (κ1) is 23.2. The van der Waals surface area contributed by atoms with E-state index in [9.17, 15) is 9.59 Å². The molecule has 0 spiro atoms. The first-order chi connectivity index (χ1) is 15.4. The number of carbonyl (C=O) groups excluding carboxylic acids is 2. The summed E-state index contributed by atoms with van der Waals surface area (Å²) in [5.41, 5.74) is 4.29. The van der Waals surface area contributed by atoms with Crippen molar-refractivity contribution in [3.8, 4) is 6.07 Å². The van der Waals surface area contributed by atoms with Gasteiger partial charge in [0.2, 0.25) is 0 Å². The van der Waals surface area contributed by atoms with Crippen LogP contribution in [0.3, 0.4) is 0 Å². The van der Waals surface area contributed by atoms with E-state index in [0.717, 1.165) is 16.7 Å². The Morgan fingerprint density at radius 2 is 1.56 bits per heavy atom. The van der Waals surface area contributed by atoms with Crippen LogP contribution < -0.4 is 4.90 Å². The van der Waals surface area contributed by atoms with Crippen LogP contribution in [0.5, 0.6) is 0 Å². The highest BCUT2D eigenvalue weighted by Crippen LogP contribution is 2.36. The number of hydrogen-bond acceptors (Lipinski definition) is 6. The van der Waals surface area contributed by atoms with Gasteiger partial charge in [0.05, 0.1) is 36.1 Å². The fraction of sp³-hybridized carbons (Fsp3) is 0.320. The summed E-state index contributed by atoms with van der Waals surface area (Å²) in [4.78, 5) is 30.4. The second-order valence-corrected chi connectivity index (χ2v) is 7.62. The van der Waals surface area contributed by atoms with Crippen LogP contribution in [0.2, 0.25) is 0 Å². The molecule has 1 aliphatic heterocycles. The highest BCUT2D eigenvalue weighted by molar-refractivity contribution is 6.45. The van der Waals surface area contributed by atoms with Gasteiger partial charge in [0, 0.05) is 27.3 Å². The molecule has 0 saturated heterocycles. The Morgan fingerprint density at radius 1 is 0.938 bits per heavy atom. The van der Waals surface area contributed by atoms with Crippen LogP contribution in [0.4, 0.5) is 5.69 Å². The van der Waals surface area contributed by atoms with Gasteiger partial charge in [0.1, 0.15) is 5.70 Å². The number of ether oxygens (including phenoxy) is 2. The van der Waals surface area contributed by atoms with E-state index in [1.165, 1.54) is 4.90 Å². The van der Waals surface area contributed by atoms with Crippen molar-refractivity contribution < 1.29 is 19.1 Å². The van der Waals surface area contributed by atoms with Crippen molar-refractivity contribution in [2.45, 2.75) is 13.8 Å². The van der Waals surface area contributed by atoms with Crippen LogP contribution in [-0.4, -0.2) is 57.2 Å². The lowest BCUT2D eigenvalue weighted by Gasteiger charge is -2.26. The minimum Gasteiger partial charge on any atom is -0.383 e. The minimum absolute atomic E-state index is 0.334. The van der Waals surface area contributed by atoms with Crippen LogP contribution in [0.15, 0.2) is 48.2 Å². The standard InChI is InChI=1S/C25H27N3O4/c1-17-5-10-21(18(2)15-17)22-23(27(11-13-31-3)12-14-32-4)25(30)28(24(22)29)20-8-6-19(16-26)7-9-20/h5-10,15H,11-14H2,1-4H3. The second kappa shape index (κ2) is 10.2. The molecule has 0 aliphatic carbocycles. The molecular weight excluding hydrogens is 406 g/mol. The highest BCUT2D eigenvalue weighted by Gasteiger charge is 2.42. The Balaban J connectivity index is 2.15. The molecule has 166 valence electrons. The zero-order chi connectivity index (χ0) is 23.3. The summed E-state index contributed by atoms with van der Waals surface area (Å²) in [5.74, 6) is -0.789. The van der Waals surface area contributed by atoms with Gasteiger partial charge in [-0.3, -0.25) is 9.59 Å². The number of anilines is 1. The summed E-state index contributed by atoms with van der Waals surface area (Å²) in [6, 6.07) is 14.3. The maximum Gasteiger partial charge on any atom is 0.282 e. The minimum atomic E-state index is -0.401. The molecule has 0 unspecified atom stereocenters. The second-order valence-electron chi connectivity index (χ2n) is 7.62. The summed E-state index contributed by atoms with van der Waals surface area (Å²) in [5, 5.41) is 9.09. The third kappa shape index (κ3) is 4.57. The SMILES string of the molecule is COCCN(CCOC)C1=C(c2ccc(C)cc2C)C(=O)N(c2ccc(C#N)cc2)C1=O. The summed E-state index contributed by atoms with van der Waals surface area (Å²) in [6.07, 6.45) is 0. The average molecular weight is 434 g/mol. The Hall–Kier alpha value is -3.47. The molecule has 1 heterocycles. The summed E-state index contributed by atoms with van der Waals surface area (Å²) in [6.45, 7) is 5.58. The molecule has 0 bridgehead atoms. The van der Waals surface area contributed by atoms with Crippen LogP contribution >= 0.6 is 0 Å². The smallest absolute Gasteiger partial charge is 0.282 e. The molecule has 2 aromatic carbocycles. The molecule has 2 amide bonds. The van der Waals surface area contributed by atoms with E-state index in [2.05, 4.69) is 6.07 Å². The molecule has 1 aliphatic rings. The van der Waals surface area contributed by atoms with Gasteiger partial charge >= 0.3 is 0 Å². The quantitative estimate of drug-likeness (QED) is 0.566. The monoisotopic (exact) mass is 433 g/mol. The number of carbonyl (C=O) groups is 2. The number of benzene rings is 2. The molecule has 2 aromatic rings. The van der Waals surface area contributed by atoms with E-state index in [0.29, 0.717) is 48.8 Å². The largest absolute Gasteiger partial charge is 0.383 e.